The molecule has 1 N–H and O–H groups in total. The van der Waals surface area contributed by atoms with Gasteiger partial charge in [-0.2, -0.15) is 0 Å². The van der Waals surface area contributed by atoms with Crippen LogP contribution < -0.4 is 5.32 Å². The maximum Gasteiger partial charge on any atom is 0.252 e. The number of nitrogens with zero attached hydrogens (tertiary/aromatic N) is 1. The summed E-state index contributed by atoms with van der Waals surface area (Å²) in [6, 6.07) is 13.7. The number of amides is 1. The van der Waals surface area contributed by atoms with E-state index in [0.717, 1.165) is 29.8 Å². The summed E-state index contributed by atoms with van der Waals surface area (Å²) in [5.41, 5.74) is 3.08. The van der Waals surface area contributed by atoms with Crippen molar-refractivity contribution in [2.45, 2.75) is 45.2 Å². The number of rotatable bonds is 6. The van der Waals surface area contributed by atoms with Crippen molar-refractivity contribution in [2.24, 2.45) is 0 Å². The Balaban J connectivity index is 2.02. The van der Waals surface area contributed by atoms with Crippen molar-refractivity contribution in [2.75, 3.05) is 13.1 Å². The molecule has 2 atom stereocenters. The molecular formula is C24H29ClN2O. The van der Waals surface area contributed by atoms with Gasteiger partial charge in [0.1, 0.15) is 0 Å². The number of aryl methyl sites for hydroxylation is 1. The Bertz CT molecular complexity index is 858. The Hall–Kier alpha value is -2.10. The SMILES string of the molecule is C=CC(C)(C(NC(=O)c1c(C)ccc(Cl)c1C)c1ccccc1)N1CCCC1. The summed E-state index contributed by atoms with van der Waals surface area (Å²) in [4.78, 5) is 15.8. The van der Waals surface area contributed by atoms with Gasteiger partial charge in [-0.25, -0.2) is 0 Å². The number of halogens is 1. The lowest BCUT2D eigenvalue weighted by atomic mass is 9.84. The highest BCUT2D eigenvalue weighted by atomic mass is 35.5. The molecule has 4 heteroatoms. The van der Waals surface area contributed by atoms with E-state index in [4.69, 9.17) is 11.6 Å². The Morgan fingerprint density at radius 3 is 2.43 bits per heavy atom. The fourth-order valence-corrected chi connectivity index (χ4v) is 4.37. The third-order valence-electron chi connectivity index (χ3n) is 6.03. The van der Waals surface area contributed by atoms with Crippen LogP contribution in [0.2, 0.25) is 5.02 Å². The van der Waals surface area contributed by atoms with Crippen LogP contribution in [0.25, 0.3) is 0 Å². The maximum absolute atomic E-state index is 13.4. The van der Waals surface area contributed by atoms with Crippen LogP contribution in [0.5, 0.6) is 0 Å². The zero-order chi connectivity index (χ0) is 20.3. The molecule has 0 aromatic heterocycles. The van der Waals surface area contributed by atoms with E-state index in [9.17, 15) is 4.79 Å². The van der Waals surface area contributed by atoms with Crippen molar-refractivity contribution in [1.82, 2.24) is 10.2 Å². The van der Waals surface area contributed by atoms with Crippen LogP contribution in [-0.4, -0.2) is 29.4 Å². The number of carbonyl (C=O) groups is 1. The molecule has 1 aliphatic rings. The van der Waals surface area contributed by atoms with E-state index < -0.39 is 0 Å². The van der Waals surface area contributed by atoms with Gasteiger partial charge < -0.3 is 5.32 Å². The first-order valence-corrected chi connectivity index (χ1v) is 10.3. The number of likely N-dealkylation sites (tertiary alicyclic amines) is 1. The van der Waals surface area contributed by atoms with Crippen LogP contribution in [0.4, 0.5) is 0 Å². The van der Waals surface area contributed by atoms with Crippen LogP contribution in [0.1, 0.15) is 52.9 Å². The summed E-state index contributed by atoms with van der Waals surface area (Å²) in [5.74, 6) is -0.0985. The monoisotopic (exact) mass is 396 g/mol. The van der Waals surface area contributed by atoms with Gasteiger partial charge >= 0.3 is 0 Å². The van der Waals surface area contributed by atoms with Gasteiger partial charge in [-0.15, -0.1) is 6.58 Å². The maximum atomic E-state index is 13.4. The predicted molar refractivity (Wildman–Crippen MR) is 117 cm³/mol. The average Bonchev–Trinajstić information content (AvgIpc) is 3.25. The summed E-state index contributed by atoms with van der Waals surface area (Å²) in [7, 11) is 0. The molecule has 3 nitrogen and oxygen atoms in total. The predicted octanol–water partition coefficient (Wildman–Crippen LogP) is 5.47. The van der Waals surface area contributed by atoms with E-state index in [1.807, 2.05) is 50.3 Å². The largest absolute Gasteiger partial charge is 0.343 e. The summed E-state index contributed by atoms with van der Waals surface area (Å²) >= 11 is 6.30. The van der Waals surface area contributed by atoms with Crippen molar-refractivity contribution in [3.8, 4) is 0 Å². The van der Waals surface area contributed by atoms with Crippen molar-refractivity contribution in [1.29, 1.82) is 0 Å². The average molecular weight is 397 g/mol. The number of hydrogen-bond acceptors (Lipinski definition) is 2. The molecule has 0 spiro atoms. The molecule has 148 valence electrons. The van der Waals surface area contributed by atoms with Gasteiger partial charge in [0.25, 0.3) is 5.91 Å². The first-order valence-electron chi connectivity index (χ1n) is 9.88. The van der Waals surface area contributed by atoms with Crippen molar-refractivity contribution in [3.05, 3.63) is 82.4 Å². The van der Waals surface area contributed by atoms with Gasteiger partial charge in [0.2, 0.25) is 0 Å². The van der Waals surface area contributed by atoms with Crippen molar-refractivity contribution >= 4 is 17.5 Å². The van der Waals surface area contributed by atoms with E-state index in [2.05, 4.69) is 35.9 Å². The van der Waals surface area contributed by atoms with Gasteiger partial charge in [-0.3, -0.25) is 9.69 Å². The summed E-state index contributed by atoms with van der Waals surface area (Å²) in [6.07, 6.45) is 4.32. The Morgan fingerprint density at radius 2 is 1.82 bits per heavy atom. The molecule has 0 radical (unpaired) electrons. The molecule has 0 aliphatic carbocycles. The second kappa shape index (κ2) is 8.50. The molecule has 1 amide bonds. The van der Waals surface area contributed by atoms with Crippen molar-refractivity contribution < 1.29 is 4.79 Å². The fourth-order valence-electron chi connectivity index (χ4n) is 4.22. The quantitative estimate of drug-likeness (QED) is 0.656. The molecule has 1 fully saturated rings. The van der Waals surface area contributed by atoms with Gasteiger partial charge in [0.05, 0.1) is 11.6 Å². The standard InChI is InChI=1S/C24H29ClN2O/c1-5-24(4,27-15-9-10-16-27)22(19-11-7-6-8-12-19)26-23(28)21-17(2)13-14-20(25)18(21)3/h5-8,11-14,22H,1,9-10,15-16H2,2-4H3,(H,26,28). The van der Waals surface area contributed by atoms with Crippen LogP contribution >= 0.6 is 11.6 Å². The molecule has 0 saturated carbocycles. The van der Waals surface area contributed by atoms with Crippen LogP contribution in [0.3, 0.4) is 0 Å². The molecular weight excluding hydrogens is 368 g/mol. The first kappa shape index (κ1) is 20.6. The highest BCUT2D eigenvalue weighted by molar-refractivity contribution is 6.31. The molecule has 28 heavy (non-hydrogen) atoms. The number of carbonyl (C=O) groups excluding carboxylic acids is 1. The van der Waals surface area contributed by atoms with Crippen LogP contribution in [-0.2, 0) is 0 Å². The van der Waals surface area contributed by atoms with Crippen LogP contribution in [0.15, 0.2) is 55.1 Å². The van der Waals surface area contributed by atoms with Gasteiger partial charge in [-0.1, -0.05) is 54.1 Å². The van der Waals surface area contributed by atoms with E-state index >= 15 is 0 Å². The summed E-state index contributed by atoms with van der Waals surface area (Å²) in [6.45, 7) is 12.2. The Morgan fingerprint density at radius 1 is 1.18 bits per heavy atom. The number of hydrogen-bond donors (Lipinski definition) is 1. The second-order valence-corrected chi connectivity index (χ2v) is 8.21. The molecule has 1 saturated heterocycles. The number of nitrogens with one attached hydrogen (secondary N) is 1. The molecule has 0 bridgehead atoms. The zero-order valence-electron chi connectivity index (χ0n) is 17.0. The second-order valence-electron chi connectivity index (χ2n) is 7.81. The third-order valence-corrected chi connectivity index (χ3v) is 6.44. The van der Waals surface area contributed by atoms with E-state index in [0.29, 0.717) is 10.6 Å². The van der Waals surface area contributed by atoms with E-state index in [1.54, 1.807) is 0 Å². The Kier molecular flexibility index (Phi) is 6.26. The summed E-state index contributed by atoms with van der Waals surface area (Å²) < 4.78 is 0. The fraction of sp³-hybridized carbons (Fsp3) is 0.375. The number of benzene rings is 2. The Labute approximate surface area is 173 Å². The molecule has 3 rings (SSSR count). The lowest BCUT2D eigenvalue weighted by Crippen LogP contribution is -2.53. The third kappa shape index (κ3) is 3.87. The normalized spacial score (nSPS) is 17.7. The van der Waals surface area contributed by atoms with E-state index in [-0.39, 0.29) is 17.5 Å². The molecule has 2 unspecified atom stereocenters. The topological polar surface area (TPSA) is 32.3 Å². The highest BCUT2D eigenvalue weighted by Crippen LogP contribution is 2.35. The zero-order valence-corrected chi connectivity index (χ0v) is 17.7. The lowest BCUT2D eigenvalue weighted by molar-refractivity contribution is 0.0843. The molecule has 2 aromatic carbocycles. The van der Waals surface area contributed by atoms with Gasteiger partial charge in [0, 0.05) is 10.6 Å². The van der Waals surface area contributed by atoms with Gasteiger partial charge in [0.15, 0.2) is 0 Å². The smallest absolute Gasteiger partial charge is 0.252 e. The minimum atomic E-state index is -0.381. The lowest BCUT2D eigenvalue weighted by Gasteiger charge is -2.43. The minimum absolute atomic E-state index is 0.0985. The molecule has 2 aromatic rings. The molecule has 1 aliphatic heterocycles. The van der Waals surface area contributed by atoms with Crippen LogP contribution in [0, 0.1) is 13.8 Å². The molecule has 1 heterocycles. The highest BCUT2D eigenvalue weighted by Gasteiger charge is 2.40. The first-order chi connectivity index (χ1) is 13.4. The van der Waals surface area contributed by atoms with E-state index in [1.165, 1.54) is 12.8 Å². The van der Waals surface area contributed by atoms with Gasteiger partial charge in [-0.05, 0) is 69.5 Å². The minimum Gasteiger partial charge on any atom is -0.343 e. The summed E-state index contributed by atoms with van der Waals surface area (Å²) in [5, 5.41) is 3.93. The van der Waals surface area contributed by atoms with Crippen molar-refractivity contribution in [3.63, 3.8) is 0 Å².